The van der Waals surface area contributed by atoms with Gasteiger partial charge in [-0.1, -0.05) is 19.9 Å². The minimum atomic E-state index is -0.734. The van der Waals surface area contributed by atoms with Crippen LogP contribution in [0.15, 0.2) is 18.2 Å². The average molecular weight is 210 g/mol. The summed E-state index contributed by atoms with van der Waals surface area (Å²) in [5.41, 5.74) is 1.17. The van der Waals surface area contributed by atoms with Gasteiger partial charge in [0, 0.05) is 6.42 Å². The molecule has 1 rings (SSSR count). The van der Waals surface area contributed by atoms with E-state index < -0.39 is 5.60 Å². The van der Waals surface area contributed by atoms with Gasteiger partial charge in [0.1, 0.15) is 5.82 Å². The van der Waals surface area contributed by atoms with Gasteiger partial charge < -0.3 is 5.11 Å². The molecule has 0 heterocycles. The van der Waals surface area contributed by atoms with Crippen LogP contribution in [0.2, 0.25) is 0 Å². The van der Waals surface area contributed by atoms with E-state index in [4.69, 9.17) is 0 Å². The molecule has 1 nitrogen and oxygen atoms in total. The van der Waals surface area contributed by atoms with Crippen LogP contribution in [0.25, 0.3) is 0 Å². The van der Waals surface area contributed by atoms with Crippen molar-refractivity contribution >= 4 is 0 Å². The van der Waals surface area contributed by atoms with Gasteiger partial charge in [0.2, 0.25) is 0 Å². The highest BCUT2D eigenvalue weighted by Crippen LogP contribution is 2.23. The van der Waals surface area contributed by atoms with E-state index in [9.17, 15) is 9.50 Å². The fourth-order valence-corrected chi connectivity index (χ4v) is 1.45. The topological polar surface area (TPSA) is 20.2 Å². The summed E-state index contributed by atoms with van der Waals surface area (Å²) in [6, 6.07) is 4.70. The zero-order valence-corrected chi connectivity index (χ0v) is 9.84. The van der Waals surface area contributed by atoms with Gasteiger partial charge >= 0.3 is 0 Å². The third-order valence-corrected chi connectivity index (χ3v) is 3.10. The standard InChI is InChI=1S/C13H19FO/c1-9(2)13(4,15)8-11-5-6-12(14)7-10(11)3/h5-7,9,15H,8H2,1-4H3. The molecule has 0 aliphatic carbocycles. The first-order chi connectivity index (χ1) is 6.83. The van der Waals surface area contributed by atoms with E-state index in [1.807, 2.05) is 27.7 Å². The van der Waals surface area contributed by atoms with Gasteiger partial charge in [-0.2, -0.15) is 0 Å². The Morgan fingerprint density at radius 1 is 1.40 bits per heavy atom. The second-order valence-electron chi connectivity index (χ2n) is 4.76. The maximum atomic E-state index is 12.9. The van der Waals surface area contributed by atoms with Crippen molar-refractivity contribution in [2.45, 2.75) is 39.7 Å². The van der Waals surface area contributed by atoms with Gasteiger partial charge in [-0.15, -0.1) is 0 Å². The van der Waals surface area contributed by atoms with Crippen molar-refractivity contribution < 1.29 is 9.50 Å². The Kier molecular flexibility index (Phi) is 3.50. The van der Waals surface area contributed by atoms with E-state index in [1.54, 1.807) is 6.07 Å². The molecule has 0 saturated heterocycles. The molecule has 1 atom stereocenters. The number of benzene rings is 1. The molecule has 1 N–H and O–H groups in total. The Hall–Kier alpha value is -0.890. The highest BCUT2D eigenvalue weighted by atomic mass is 19.1. The zero-order chi connectivity index (χ0) is 11.6. The van der Waals surface area contributed by atoms with Gasteiger partial charge in [0.05, 0.1) is 5.60 Å². The minimum absolute atomic E-state index is 0.182. The predicted molar refractivity (Wildman–Crippen MR) is 60.3 cm³/mol. The van der Waals surface area contributed by atoms with Crippen molar-refractivity contribution in [3.8, 4) is 0 Å². The van der Waals surface area contributed by atoms with Crippen molar-refractivity contribution in [3.63, 3.8) is 0 Å². The van der Waals surface area contributed by atoms with E-state index in [2.05, 4.69) is 0 Å². The average Bonchev–Trinajstić information content (AvgIpc) is 2.09. The number of halogens is 1. The fraction of sp³-hybridized carbons (Fsp3) is 0.538. The number of hydrogen-bond donors (Lipinski definition) is 1. The van der Waals surface area contributed by atoms with Crippen LogP contribution in [-0.2, 0) is 6.42 Å². The molecule has 0 aliphatic rings. The number of rotatable bonds is 3. The van der Waals surface area contributed by atoms with Crippen LogP contribution in [0.3, 0.4) is 0 Å². The molecule has 0 bridgehead atoms. The molecule has 84 valence electrons. The monoisotopic (exact) mass is 210 g/mol. The van der Waals surface area contributed by atoms with Crippen molar-refractivity contribution in [1.82, 2.24) is 0 Å². The highest BCUT2D eigenvalue weighted by Gasteiger charge is 2.25. The van der Waals surface area contributed by atoms with Gasteiger partial charge in [0.15, 0.2) is 0 Å². The molecule has 1 aromatic rings. The second kappa shape index (κ2) is 4.31. The molecular weight excluding hydrogens is 191 g/mol. The van der Waals surface area contributed by atoms with Crippen LogP contribution in [0.4, 0.5) is 4.39 Å². The van der Waals surface area contributed by atoms with Crippen LogP contribution in [0.1, 0.15) is 31.9 Å². The summed E-state index contributed by atoms with van der Waals surface area (Å²) in [7, 11) is 0. The molecule has 1 aromatic carbocycles. The third kappa shape index (κ3) is 3.03. The summed E-state index contributed by atoms with van der Waals surface area (Å²) >= 11 is 0. The van der Waals surface area contributed by atoms with Crippen LogP contribution >= 0.6 is 0 Å². The maximum Gasteiger partial charge on any atom is 0.123 e. The lowest BCUT2D eigenvalue weighted by atomic mass is 9.85. The summed E-state index contributed by atoms with van der Waals surface area (Å²) in [5, 5.41) is 10.1. The van der Waals surface area contributed by atoms with E-state index in [-0.39, 0.29) is 11.7 Å². The van der Waals surface area contributed by atoms with Crippen molar-refractivity contribution in [2.75, 3.05) is 0 Å². The lowest BCUT2D eigenvalue weighted by Gasteiger charge is -2.28. The molecule has 2 heteroatoms. The molecule has 0 amide bonds. The Morgan fingerprint density at radius 3 is 2.47 bits per heavy atom. The summed E-state index contributed by atoms with van der Waals surface area (Å²) in [5.74, 6) is -0.0395. The lowest BCUT2D eigenvalue weighted by molar-refractivity contribution is 0.0138. The van der Waals surface area contributed by atoms with Gasteiger partial charge in [-0.25, -0.2) is 4.39 Å². The quantitative estimate of drug-likeness (QED) is 0.812. The first-order valence-corrected chi connectivity index (χ1v) is 5.30. The van der Waals surface area contributed by atoms with Crippen LogP contribution in [0, 0.1) is 18.7 Å². The van der Waals surface area contributed by atoms with Crippen LogP contribution in [0.5, 0.6) is 0 Å². The maximum absolute atomic E-state index is 12.9. The van der Waals surface area contributed by atoms with Crippen molar-refractivity contribution in [3.05, 3.63) is 35.1 Å². The van der Waals surface area contributed by atoms with E-state index in [0.29, 0.717) is 6.42 Å². The lowest BCUT2D eigenvalue weighted by Crippen LogP contribution is -2.33. The Morgan fingerprint density at radius 2 is 2.00 bits per heavy atom. The van der Waals surface area contributed by atoms with E-state index in [0.717, 1.165) is 11.1 Å². The van der Waals surface area contributed by atoms with Gasteiger partial charge in [-0.05, 0) is 43.0 Å². The Labute approximate surface area is 90.9 Å². The molecule has 0 radical (unpaired) electrons. The molecule has 1 unspecified atom stereocenters. The summed E-state index contributed by atoms with van der Waals surface area (Å²) < 4.78 is 12.9. The Balaban J connectivity index is 2.90. The zero-order valence-electron chi connectivity index (χ0n) is 9.84. The largest absolute Gasteiger partial charge is 0.390 e. The number of hydrogen-bond acceptors (Lipinski definition) is 1. The van der Waals surface area contributed by atoms with Gasteiger partial charge in [-0.3, -0.25) is 0 Å². The summed E-state index contributed by atoms with van der Waals surface area (Å²) in [6.45, 7) is 7.66. The van der Waals surface area contributed by atoms with Gasteiger partial charge in [0.25, 0.3) is 0 Å². The molecule has 0 aromatic heterocycles. The minimum Gasteiger partial charge on any atom is -0.390 e. The van der Waals surface area contributed by atoms with Crippen LogP contribution in [-0.4, -0.2) is 10.7 Å². The first-order valence-electron chi connectivity index (χ1n) is 5.30. The highest BCUT2D eigenvalue weighted by molar-refractivity contribution is 5.27. The molecular formula is C13H19FO. The van der Waals surface area contributed by atoms with Crippen molar-refractivity contribution in [1.29, 1.82) is 0 Å². The van der Waals surface area contributed by atoms with E-state index in [1.165, 1.54) is 12.1 Å². The molecule has 0 fully saturated rings. The molecule has 0 aliphatic heterocycles. The summed E-state index contributed by atoms with van der Waals surface area (Å²) in [6.07, 6.45) is 0.566. The first kappa shape index (κ1) is 12.2. The normalized spacial score (nSPS) is 15.4. The Bertz CT molecular complexity index is 342. The molecule has 0 saturated carbocycles. The van der Waals surface area contributed by atoms with Crippen LogP contribution < -0.4 is 0 Å². The summed E-state index contributed by atoms with van der Waals surface area (Å²) in [4.78, 5) is 0. The molecule has 0 spiro atoms. The predicted octanol–water partition coefficient (Wildman–Crippen LogP) is 3.08. The SMILES string of the molecule is Cc1cc(F)ccc1CC(C)(O)C(C)C. The van der Waals surface area contributed by atoms with E-state index >= 15 is 0 Å². The van der Waals surface area contributed by atoms with Crippen molar-refractivity contribution in [2.24, 2.45) is 5.92 Å². The smallest absolute Gasteiger partial charge is 0.123 e. The fourth-order valence-electron chi connectivity index (χ4n) is 1.45. The molecule has 15 heavy (non-hydrogen) atoms. The third-order valence-electron chi connectivity index (χ3n) is 3.10. The second-order valence-corrected chi connectivity index (χ2v) is 4.76. The number of aryl methyl sites for hydroxylation is 1. The number of aliphatic hydroxyl groups is 1.